The Morgan fingerprint density at radius 2 is 2.29 bits per heavy atom. The zero-order chi connectivity index (χ0) is 12.3. The molecule has 2 rings (SSSR count). The van der Waals surface area contributed by atoms with E-state index in [0.717, 1.165) is 30.3 Å². The molecule has 1 saturated heterocycles. The summed E-state index contributed by atoms with van der Waals surface area (Å²) >= 11 is 1.70. The first-order chi connectivity index (χ1) is 8.19. The Hall–Kier alpha value is -0.580. The van der Waals surface area contributed by atoms with Crippen molar-refractivity contribution in [2.24, 2.45) is 0 Å². The average molecular weight is 252 g/mol. The first kappa shape index (κ1) is 12.9. The second-order valence-electron chi connectivity index (χ2n) is 4.67. The van der Waals surface area contributed by atoms with Crippen LogP contribution in [-0.2, 0) is 11.3 Å². The monoisotopic (exact) mass is 252 g/mol. The van der Waals surface area contributed by atoms with Crippen LogP contribution < -0.4 is 0 Å². The molecular formula is C13H20N2OS. The molecule has 1 aliphatic rings. The lowest BCUT2D eigenvalue weighted by Gasteiger charge is -2.15. The summed E-state index contributed by atoms with van der Waals surface area (Å²) in [6, 6.07) is 4.36. The molecule has 94 valence electrons. The third kappa shape index (κ3) is 3.44. The van der Waals surface area contributed by atoms with Crippen LogP contribution in [0.15, 0.2) is 17.2 Å². The van der Waals surface area contributed by atoms with Gasteiger partial charge in [0, 0.05) is 13.2 Å². The van der Waals surface area contributed by atoms with Crippen molar-refractivity contribution in [3.05, 3.63) is 23.4 Å². The van der Waals surface area contributed by atoms with E-state index in [-0.39, 0.29) is 6.10 Å². The second kappa shape index (κ2) is 5.85. The number of ether oxygens (including phenoxy) is 1. The van der Waals surface area contributed by atoms with Gasteiger partial charge < -0.3 is 9.64 Å². The van der Waals surface area contributed by atoms with Crippen LogP contribution in [0.25, 0.3) is 0 Å². The molecule has 0 N–H and O–H groups in total. The molecule has 17 heavy (non-hydrogen) atoms. The first-order valence-electron chi connectivity index (χ1n) is 6.00. The van der Waals surface area contributed by atoms with Crippen LogP contribution in [0.2, 0.25) is 0 Å². The Bertz CT molecular complexity index is 376. The Morgan fingerprint density at radius 1 is 1.47 bits per heavy atom. The van der Waals surface area contributed by atoms with Crippen molar-refractivity contribution in [2.45, 2.75) is 30.5 Å². The summed E-state index contributed by atoms with van der Waals surface area (Å²) in [4.78, 5) is 6.77. The summed E-state index contributed by atoms with van der Waals surface area (Å²) in [5.74, 6) is 0. The first-order valence-corrected chi connectivity index (χ1v) is 7.22. The fourth-order valence-corrected chi connectivity index (χ4v) is 2.58. The third-order valence-corrected chi connectivity index (χ3v) is 3.49. The number of thioether (sulfide) groups is 1. The van der Waals surface area contributed by atoms with Crippen LogP contribution in [0.1, 0.15) is 30.2 Å². The molecule has 0 aliphatic carbocycles. The summed E-state index contributed by atoms with van der Waals surface area (Å²) in [5, 5.41) is 1.09. The van der Waals surface area contributed by atoms with Gasteiger partial charge in [-0.2, -0.15) is 0 Å². The summed E-state index contributed by atoms with van der Waals surface area (Å²) in [6.45, 7) is 1.78. The maximum absolute atomic E-state index is 5.75. The Balaban J connectivity index is 2.24. The Kier molecular flexibility index (Phi) is 4.42. The molecule has 0 spiro atoms. The SMILES string of the molecule is CSc1cc(C2CCCO2)cc(CN(C)C)n1. The summed E-state index contributed by atoms with van der Waals surface area (Å²) < 4.78 is 5.75. The van der Waals surface area contributed by atoms with E-state index in [4.69, 9.17) is 4.74 Å². The standard InChI is InChI=1S/C13H20N2OS/c1-15(2)9-11-7-10(8-13(14-11)17-3)12-5-4-6-16-12/h7-8,12H,4-6,9H2,1-3H3. The van der Waals surface area contributed by atoms with Gasteiger partial charge in [-0.3, -0.25) is 0 Å². The van der Waals surface area contributed by atoms with E-state index in [2.05, 4.69) is 42.4 Å². The number of pyridine rings is 1. The van der Waals surface area contributed by atoms with Crippen LogP contribution in [-0.4, -0.2) is 36.8 Å². The van der Waals surface area contributed by atoms with E-state index in [0.29, 0.717) is 0 Å². The molecule has 2 heterocycles. The van der Waals surface area contributed by atoms with Crippen molar-refractivity contribution >= 4 is 11.8 Å². The molecular weight excluding hydrogens is 232 g/mol. The fourth-order valence-electron chi connectivity index (χ4n) is 2.12. The predicted molar refractivity (Wildman–Crippen MR) is 71.3 cm³/mol. The van der Waals surface area contributed by atoms with Crippen molar-refractivity contribution < 1.29 is 4.74 Å². The fraction of sp³-hybridized carbons (Fsp3) is 0.615. The van der Waals surface area contributed by atoms with Gasteiger partial charge in [-0.1, -0.05) is 0 Å². The van der Waals surface area contributed by atoms with Crippen molar-refractivity contribution in [1.82, 2.24) is 9.88 Å². The molecule has 1 aromatic heterocycles. The van der Waals surface area contributed by atoms with Crippen molar-refractivity contribution in [3.8, 4) is 0 Å². The van der Waals surface area contributed by atoms with Gasteiger partial charge in [0.25, 0.3) is 0 Å². The number of nitrogens with zero attached hydrogens (tertiary/aromatic N) is 2. The molecule has 0 radical (unpaired) electrons. The van der Waals surface area contributed by atoms with Gasteiger partial charge in [-0.15, -0.1) is 11.8 Å². The summed E-state index contributed by atoms with van der Waals surface area (Å²) in [7, 11) is 4.14. The highest BCUT2D eigenvalue weighted by atomic mass is 32.2. The molecule has 1 unspecified atom stereocenters. The van der Waals surface area contributed by atoms with E-state index in [1.165, 1.54) is 12.0 Å². The smallest absolute Gasteiger partial charge is 0.0964 e. The number of aromatic nitrogens is 1. The molecule has 1 aromatic rings. The second-order valence-corrected chi connectivity index (χ2v) is 5.50. The zero-order valence-electron chi connectivity index (χ0n) is 10.8. The zero-order valence-corrected chi connectivity index (χ0v) is 11.6. The average Bonchev–Trinajstić information content (AvgIpc) is 2.81. The molecule has 1 atom stereocenters. The quantitative estimate of drug-likeness (QED) is 0.769. The molecule has 0 amide bonds. The summed E-state index contributed by atoms with van der Waals surface area (Å²) in [5.41, 5.74) is 2.42. The van der Waals surface area contributed by atoms with Crippen LogP contribution in [0, 0.1) is 0 Å². The van der Waals surface area contributed by atoms with Crippen LogP contribution in [0.5, 0.6) is 0 Å². The van der Waals surface area contributed by atoms with Crippen LogP contribution in [0.3, 0.4) is 0 Å². The molecule has 1 fully saturated rings. The van der Waals surface area contributed by atoms with E-state index in [1.807, 2.05) is 0 Å². The lowest BCUT2D eigenvalue weighted by molar-refractivity contribution is 0.111. The molecule has 3 nitrogen and oxygen atoms in total. The summed E-state index contributed by atoms with van der Waals surface area (Å²) in [6.07, 6.45) is 4.66. The normalized spacial score (nSPS) is 20.1. The lowest BCUT2D eigenvalue weighted by atomic mass is 10.1. The third-order valence-electron chi connectivity index (χ3n) is 2.87. The molecule has 0 bridgehead atoms. The molecule has 0 aromatic carbocycles. The van der Waals surface area contributed by atoms with Gasteiger partial charge in [-0.25, -0.2) is 4.98 Å². The molecule has 1 aliphatic heterocycles. The highest BCUT2D eigenvalue weighted by Gasteiger charge is 2.19. The number of hydrogen-bond acceptors (Lipinski definition) is 4. The topological polar surface area (TPSA) is 25.4 Å². The highest BCUT2D eigenvalue weighted by molar-refractivity contribution is 7.98. The molecule has 0 saturated carbocycles. The van der Waals surface area contributed by atoms with Gasteiger partial charge >= 0.3 is 0 Å². The minimum atomic E-state index is 0.282. The van der Waals surface area contributed by atoms with E-state index >= 15 is 0 Å². The highest BCUT2D eigenvalue weighted by Crippen LogP contribution is 2.30. The van der Waals surface area contributed by atoms with E-state index < -0.39 is 0 Å². The van der Waals surface area contributed by atoms with Gasteiger partial charge in [0.05, 0.1) is 16.8 Å². The maximum Gasteiger partial charge on any atom is 0.0964 e. The number of rotatable bonds is 4. The van der Waals surface area contributed by atoms with Gasteiger partial charge in [0.15, 0.2) is 0 Å². The number of hydrogen-bond donors (Lipinski definition) is 0. The molecule has 4 heteroatoms. The van der Waals surface area contributed by atoms with Gasteiger partial charge in [0.1, 0.15) is 0 Å². The minimum absolute atomic E-state index is 0.282. The largest absolute Gasteiger partial charge is 0.374 e. The minimum Gasteiger partial charge on any atom is -0.374 e. The van der Waals surface area contributed by atoms with E-state index in [9.17, 15) is 0 Å². The maximum atomic E-state index is 5.75. The van der Waals surface area contributed by atoms with E-state index in [1.54, 1.807) is 11.8 Å². The van der Waals surface area contributed by atoms with Gasteiger partial charge in [-0.05, 0) is 50.9 Å². The lowest BCUT2D eigenvalue weighted by Crippen LogP contribution is -2.13. The Morgan fingerprint density at radius 3 is 2.88 bits per heavy atom. The van der Waals surface area contributed by atoms with Crippen molar-refractivity contribution in [1.29, 1.82) is 0 Å². The van der Waals surface area contributed by atoms with Crippen molar-refractivity contribution in [2.75, 3.05) is 27.0 Å². The Labute approximate surface area is 108 Å². The van der Waals surface area contributed by atoms with Crippen LogP contribution >= 0.6 is 11.8 Å². The predicted octanol–water partition coefficient (Wildman–Crippen LogP) is 2.72. The van der Waals surface area contributed by atoms with Crippen LogP contribution in [0.4, 0.5) is 0 Å². The van der Waals surface area contributed by atoms with Gasteiger partial charge in [0.2, 0.25) is 0 Å². The van der Waals surface area contributed by atoms with Crippen molar-refractivity contribution in [3.63, 3.8) is 0 Å².